The monoisotopic (exact) mass is 405 g/mol. The number of aromatic nitrogens is 3. The Kier molecular flexibility index (Phi) is 5.14. The number of H-pyrrole nitrogens is 2. The van der Waals surface area contributed by atoms with Gasteiger partial charge in [0.2, 0.25) is 0 Å². The molecule has 0 fully saturated rings. The van der Waals surface area contributed by atoms with E-state index >= 15 is 0 Å². The minimum absolute atomic E-state index is 0.0647. The molecule has 8 heteroatoms. The summed E-state index contributed by atoms with van der Waals surface area (Å²) in [6.45, 7) is 2.67. The Morgan fingerprint density at radius 2 is 2.10 bits per heavy atom. The maximum absolute atomic E-state index is 12.8. The van der Waals surface area contributed by atoms with Gasteiger partial charge >= 0.3 is 0 Å². The summed E-state index contributed by atoms with van der Waals surface area (Å²) in [5, 5.41) is 13.6. The van der Waals surface area contributed by atoms with Gasteiger partial charge in [-0.2, -0.15) is 5.26 Å². The minimum atomic E-state index is -0.265. The summed E-state index contributed by atoms with van der Waals surface area (Å²) in [6, 6.07) is 9.22. The summed E-state index contributed by atoms with van der Waals surface area (Å²) in [5.74, 6) is -0.166. The van der Waals surface area contributed by atoms with Crippen LogP contribution in [0, 0.1) is 11.3 Å². The van der Waals surface area contributed by atoms with Crippen molar-refractivity contribution < 1.29 is 4.79 Å². The summed E-state index contributed by atoms with van der Waals surface area (Å²) in [6.07, 6.45) is 1.80. The number of nitriles is 1. The Bertz CT molecular complexity index is 1290. The van der Waals surface area contributed by atoms with Crippen LogP contribution in [0.4, 0.5) is 0 Å². The number of carbonyl (C=O) groups is 1. The fourth-order valence-electron chi connectivity index (χ4n) is 3.27. The predicted molar refractivity (Wildman–Crippen MR) is 114 cm³/mol. The number of benzene rings is 1. The fourth-order valence-corrected chi connectivity index (χ4v) is 3.96. The molecule has 29 heavy (non-hydrogen) atoms. The summed E-state index contributed by atoms with van der Waals surface area (Å²) in [5.41, 5.74) is 3.43. The second kappa shape index (κ2) is 7.89. The van der Waals surface area contributed by atoms with Crippen molar-refractivity contribution in [3.8, 4) is 17.5 Å². The van der Waals surface area contributed by atoms with E-state index in [1.165, 1.54) is 11.3 Å². The lowest BCUT2D eigenvalue weighted by Gasteiger charge is -2.19. The fraction of sp³-hybridized carbons (Fsp3) is 0.238. The van der Waals surface area contributed by atoms with Gasteiger partial charge in [0.1, 0.15) is 6.54 Å². The van der Waals surface area contributed by atoms with Crippen molar-refractivity contribution in [3.05, 3.63) is 50.9 Å². The van der Waals surface area contributed by atoms with Crippen LogP contribution in [0.5, 0.6) is 0 Å². The van der Waals surface area contributed by atoms with Crippen LogP contribution in [0.25, 0.3) is 33.3 Å². The maximum Gasteiger partial charge on any atom is 0.276 e. The van der Waals surface area contributed by atoms with E-state index < -0.39 is 0 Å². The van der Waals surface area contributed by atoms with Crippen LogP contribution in [0.15, 0.2) is 39.8 Å². The highest BCUT2D eigenvalue weighted by Crippen LogP contribution is 2.24. The van der Waals surface area contributed by atoms with Gasteiger partial charge in [-0.3, -0.25) is 9.59 Å². The number of nitrogens with zero attached hydrogens (tertiary/aromatic N) is 3. The van der Waals surface area contributed by atoms with Crippen molar-refractivity contribution in [2.75, 3.05) is 13.1 Å². The summed E-state index contributed by atoms with van der Waals surface area (Å²) < 4.78 is 0. The quantitative estimate of drug-likeness (QED) is 0.475. The molecule has 3 aromatic heterocycles. The molecule has 0 unspecified atom stereocenters. The molecule has 0 saturated carbocycles. The third-order valence-corrected chi connectivity index (χ3v) is 5.52. The molecule has 1 amide bonds. The number of aromatic amines is 2. The summed E-state index contributed by atoms with van der Waals surface area (Å²) >= 11 is 1.48. The first-order valence-corrected chi connectivity index (χ1v) is 10.3. The van der Waals surface area contributed by atoms with E-state index in [0.717, 1.165) is 34.8 Å². The first-order valence-electron chi connectivity index (χ1n) is 9.36. The predicted octanol–water partition coefficient (Wildman–Crippen LogP) is 3.90. The minimum Gasteiger partial charge on any atom is -0.353 e. The third kappa shape index (κ3) is 3.65. The lowest BCUT2D eigenvalue weighted by Crippen LogP contribution is -2.32. The normalized spacial score (nSPS) is 11.0. The van der Waals surface area contributed by atoms with E-state index in [-0.39, 0.29) is 18.0 Å². The molecule has 0 radical (unpaired) electrons. The molecule has 146 valence electrons. The maximum atomic E-state index is 12.8. The number of fused-ring (bicyclic) bond motifs is 2. The number of hydrogen-bond donors (Lipinski definition) is 2. The molecular formula is C21H19N5O2S. The van der Waals surface area contributed by atoms with Crippen LogP contribution < -0.4 is 5.56 Å². The van der Waals surface area contributed by atoms with Gasteiger partial charge in [0.15, 0.2) is 5.69 Å². The molecular weight excluding hydrogens is 386 g/mol. The Morgan fingerprint density at radius 1 is 1.24 bits per heavy atom. The number of unbranched alkanes of at least 4 members (excludes halogenated alkanes) is 1. The van der Waals surface area contributed by atoms with E-state index in [1.54, 1.807) is 17.0 Å². The van der Waals surface area contributed by atoms with Gasteiger partial charge in [-0.25, -0.2) is 4.98 Å². The number of thiophene rings is 1. The largest absolute Gasteiger partial charge is 0.353 e. The number of nitrogens with one attached hydrogen (secondary N) is 2. The molecule has 2 N–H and O–H groups in total. The molecule has 0 aliphatic rings. The van der Waals surface area contributed by atoms with E-state index in [4.69, 9.17) is 5.26 Å². The number of amides is 1. The Morgan fingerprint density at radius 3 is 2.90 bits per heavy atom. The van der Waals surface area contributed by atoms with E-state index in [9.17, 15) is 9.59 Å². The standard InChI is InChI=1S/C21H19N5O2S/c1-2-3-7-26(8-6-22)21(28)13-4-5-15-14(9-13)10-16(23-15)19-20(27)25-18-12-29-11-17(18)24-19/h4-5,9-12,23H,2-3,7-8H2,1H3,(H,25,27). The zero-order chi connectivity index (χ0) is 20.4. The van der Waals surface area contributed by atoms with Gasteiger partial charge in [-0.05, 0) is 30.7 Å². The smallest absolute Gasteiger partial charge is 0.276 e. The highest BCUT2D eigenvalue weighted by Gasteiger charge is 2.17. The Hall–Kier alpha value is -3.44. The van der Waals surface area contributed by atoms with E-state index in [0.29, 0.717) is 23.5 Å². The van der Waals surface area contributed by atoms with Gasteiger partial charge in [-0.1, -0.05) is 13.3 Å². The molecule has 0 bridgehead atoms. The molecule has 0 atom stereocenters. The van der Waals surface area contributed by atoms with Crippen LogP contribution in [0.2, 0.25) is 0 Å². The topological polar surface area (TPSA) is 106 Å². The van der Waals surface area contributed by atoms with Gasteiger partial charge < -0.3 is 14.9 Å². The van der Waals surface area contributed by atoms with Gasteiger partial charge in [-0.15, -0.1) is 11.3 Å². The van der Waals surface area contributed by atoms with Crippen LogP contribution in [-0.2, 0) is 0 Å². The second-order valence-corrected chi connectivity index (χ2v) is 7.55. The molecule has 3 heterocycles. The number of rotatable bonds is 6. The van der Waals surface area contributed by atoms with Crippen molar-refractivity contribution in [2.45, 2.75) is 19.8 Å². The summed E-state index contributed by atoms with van der Waals surface area (Å²) in [7, 11) is 0. The Balaban J connectivity index is 1.70. The van der Waals surface area contributed by atoms with E-state index in [2.05, 4.69) is 21.0 Å². The lowest BCUT2D eigenvalue weighted by molar-refractivity contribution is 0.0774. The highest BCUT2D eigenvalue weighted by atomic mass is 32.1. The van der Waals surface area contributed by atoms with Crippen molar-refractivity contribution in [2.24, 2.45) is 0 Å². The van der Waals surface area contributed by atoms with Gasteiger partial charge in [0, 0.05) is 33.8 Å². The molecule has 0 aliphatic heterocycles. The summed E-state index contributed by atoms with van der Waals surface area (Å²) in [4.78, 5) is 37.3. The molecule has 4 aromatic rings. The Labute approximate surface area is 170 Å². The molecule has 0 saturated heterocycles. The van der Waals surface area contributed by atoms with Crippen molar-refractivity contribution >= 4 is 39.2 Å². The molecule has 4 rings (SSSR count). The van der Waals surface area contributed by atoms with Crippen molar-refractivity contribution in [3.63, 3.8) is 0 Å². The average molecular weight is 405 g/mol. The first-order chi connectivity index (χ1) is 14.1. The van der Waals surface area contributed by atoms with Crippen LogP contribution in [0.1, 0.15) is 30.1 Å². The van der Waals surface area contributed by atoms with Crippen LogP contribution in [0.3, 0.4) is 0 Å². The number of hydrogen-bond acceptors (Lipinski definition) is 5. The molecule has 7 nitrogen and oxygen atoms in total. The van der Waals surface area contributed by atoms with Crippen molar-refractivity contribution in [1.82, 2.24) is 19.9 Å². The van der Waals surface area contributed by atoms with E-state index in [1.807, 2.05) is 29.8 Å². The first kappa shape index (κ1) is 18.9. The van der Waals surface area contributed by atoms with Gasteiger partial charge in [0.25, 0.3) is 11.5 Å². The number of carbonyl (C=O) groups excluding carboxylic acids is 1. The van der Waals surface area contributed by atoms with Crippen LogP contribution in [-0.4, -0.2) is 38.8 Å². The van der Waals surface area contributed by atoms with Gasteiger partial charge in [0.05, 0.1) is 22.8 Å². The third-order valence-electron chi connectivity index (χ3n) is 4.79. The SMILES string of the molecule is CCCCN(CC#N)C(=O)c1ccc2[nH]c(-c3nc4cscc4[nH]c3=O)cc2c1. The average Bonchev–Trinajstić information content (AvgIpc) is 3.35. The highest BCUT2D eigenvalue weighted by molar-refractivity contribution is 7.09. The molecule has 0 aliphatic carbocycles. The lowest BCUT2D eigenvalue weighted by atomic mass is 10.1. The zero-order valence-corrected chi connectivity index (χ0v) is 16.7. The zero-order valence-electron chi connectivity index (χ0n) is 15.9. The second-order valence-electron chi connectivity index (χ2n) is 6.81. The molecule has 1 aromatic carbocycles. The van der Waals surface area contributed by atoms with Crippen LogP contribution >= 0.6 is 11.3 Å². The molecule has 0 spiro atoms. The van der Waals surface area contributed by atoms with Crippen molar-refractivity contribution in [1.29, 1.82) is 5.26 Å².